The van der Waals surface area contributed by atoms with Gasteiger partial charge in [-0.2, -0.15) is 5.26 Å². The zero-order valence-corrected chi connectivity index (χ0v) is 12.0. The van der Waals surface area contributed by atoms with Crippen LogP contribution in [0.5, 0.6) is 5.75 Å². The predicted molar refractivity (Wildman–Crippen MR) is 78.9 cm³/mol. The highest BCUT2D eigenvalue weighted by Crippen LogP contribution is 2.41. The number of amides is 1. The number of thiocarbonyl (C=S) groups is 1. The molecular weight excluding hydrogens is 288 g/mol. The van der Waals surface area contributed by atoms with Gasteiger partial charge in [-0.1, -0.05) is 12.1 Å². The SMILES string of the molecule is COc1ccc(C2C(C#N)=C(N)N3C(=S)NC(=O)C23)cc1. The molecular formula is C14H12N4O2S. The molecule has 1 aromatic rings. The maximum Gasteiger partial charge on any atom is 0.250 e. The van der Waals surface area contributed by atoms with Crippen molar-refractivity contribution in [3.63, 3.8) is 0 Å². The summed E-state index contributed by atoms with van der Waals surface area (Å²) in [6.45, 7) is 0. The lowest BCUT2D eigenvalue weighted by Gasteiger charge is -2.20. The highest BCUT2D eigenvalue weighted by atomic mass is 32.1. The predicted octanol–water partition coefficient (Wildman–Crippen LogP) is 0.572. The van der Waals surface area contributed by atoms with Crippen LogP contribution < -0.4 is 15.8 Å². The Hall–Kier alpha value is -2.59. The van der Waals surface area contributed by atoms with Crippen molar-refractivity contribution < 1.29 is 9.53 Å². The van der Waals surface area contributed by atoms with Gasteiger partial charge in [0.15, 0.2) is 5.11 Å². The second-order valence-corrected chi connectivity index (χ2v) is 5.16. The van der Waals surface area contributed by atoms with E-state index >= 15 is 0 Å². The monoisotopic (exact) mass is 300 g/mol. The van der Waals surface area contributed by atoms with Crippen LogP contribution in [0.15, 0.2) is 35.7 Å². The summed E-state index contributed by atoms with van der Waals surface area (Å²) in [5, 5.41) is 12.2. The fraction of sp³-hybridized carbons (Fsp3) is 0.214. The number of methoxy groups -OCH3 is 1. The Morgan fingerprint density at radius 3 is 2.67 bits per heavy atom. The second-order valence-electron chi connectivity index (χ2n) is 4.77. The summed E-state index contributed by atoms with van der Waals surface area (Å²) in [5.74, 6) is 0.275. The van der Waals surface area contributed by atoms with E-state index in [9.17, 15) is 10.1 Å². The van der Waals surface area contributed by atoms with Crippen molar-refractivity contribution in [2.45, 2.75) is 12.0 Å². The minimum absolute atomic E-state index is 0.242. The molecule has 0 spiro atoms. The van der Waals surface area contributed by atoms with Crippen LogP contribution in [0.3, 0.4) is 0 Å². The normalized spacial score (nSPS) is 23.9. The third kappa shape index (κ3) is 1.84. The molecule has 2 unspecified atom stereocenters. The third-order valence-corrected chi connectivity index (χ3v) is 4.05. The molecule has 2 aliphatic heterocycles. The van der Waals surface area contributed by atoms with Crippen molar-refractivity contribution in [2.75, 3.05) is 7.11 Å². The van der Waals surface area contributed by atoms with Gasteiger partial charge in [0.2, 0.25) is 5.91 Å². The van der Waals surface area contributed by atoms with Gasteiger partial charge >= 0.3 is 0 Å². The van der Waals surface area contributed by atoms with Gasteiger partial charge in [0, 0.05) is 0 Å². The van der Waals surface area contributed by atoms with Gasteiger partial charge in [0.25, 0.3) is 0 Å². The molecule has 106 valence electrons. The number of nitrogens with one attached hydrogen (secondary N) is 1. The number of carbonyl (C=O) groups is 1. The number of carbonyl (C=O) groups excluding carboxylic acids is 1. The Bertz CT molecular complexity index is 705. The highest BCUT2D eigenvalue weighted by molar-refractivity contribution is 7.80. The van der Waals surface area contributed by atoms with Gasteiger partial charge in [-0.3, -0.25) is 9.69 Å². The number of fused-ring (bicyclic) bond motifs is 1. The van der Waals surface area contributed by atoms with Crippen LogP contribution in [-0.4, -0.2) is 29.1 Å². The van der Waals surface area contributed by atoms with Crippen LogP contribution in [-0.2, 0) is 4.79 Å². The molecule has 21 heavy (non-hydrogen) atoms. The molecule has 1 amide bonds. The Labute approximate surface area is 126 Å². The first kappa shape index (κ1) is 13.4. The molecule has 3 rings (SSSR count). The molecule has 0 radical (unpaired) electrons. The molecule has 1 aromatic carbocycles. The van der Waals surface area contributed by atoms with Gasteiger partial charge in [-0.05, 0) is 29.9 Å². The average molecular weight is 300 g/mol. The maximum atomic E-state index is 12.1. The number of ether oxygens (including phenoxy) is 1. The first-order valence-electron chi connectivity index (χ1n) is 6.26. The zero-order chi connectivity index (χ0) is 15.1. The van der Waals surface area contributed by atoms with Crippen molar-refractivity contribution in [3.05, 3.63) is 41.2 Å². The summed E-state index contributed by atoms with van der Waals surface area (Å²) in [6, 6.07) is 8.73. The lowest BCUT2D eigenvalue weighted by atomic mass is 9.87. The summed E-state index contributed by atoms with van der Waals surface area (Å²) in [4.78, 5) is 13.6. The molecule has 2 heterocycles. The molecule has 1 fully saturated rings. The lowest BCUT2D eigenvalue weighted by molar-refractivity contribution is -0.121. The largest absolute Gasteiger partial charge is 0.497 e. The lowest BCUT2D eigenvalue weighted by Crippen LogP contribution is -2.35. The first-order chi connectivity index (χ1) is 10.1. The molecule has 0 saturated carbocycles. The number of nitrogens with two attached hydrogens (primary N) is 1. The van der Waals surface area contributed by atoms with Gasteiger partial charge in [-0.25, -0.2) is 0 Å². The summed E-state index contributed by atoms with van der Waals surface area (Å²) in [5.41, 5.74) is 7.17. The van der Waals surface area contributed by atoms with Crippen LogP contribution in [0.2, 0.25) is 0 Å². The zero-order valence-electron chi connectivity index (χ0n) is 11.2. The van der Waals surface area contributed by atoms with Crippen molar-refractivity contribution in [1.29, 1.82) is 5.26 Å². The average Bonchev–Trinajstić information content (AvgIpc) is 2.95. The van der Waals surface area contributed by atoms with Crippen molar-refractivity contribution in [1.82, 2.24) is 10.2 Å². The van der Waals surface area contributed by atoms with Crippen LogP contribution in [0.4, 0.5) is 0 Å². The molecule has 1 saturated heterocycles. The van der Waals surface area contributed by atoms with E-state index in [4.69, 9.17) is 22.7 Å². The molecule has 6 nitrogen and oxygen atoms in total. The smallest absolute Gasteiger partial charge is 0.250 e. The minimum Gasteiger partial charge on any atom is -0.497 e. The van der Waals surface area contributed by atoms with E-state index in [0.29, 0.717) is 11.3 Å². The summed E-state index contributed by atoms with van der Waals surface area (Å²) >= 11 is 5.10. The van der Waals surface area contributed by atoms with Crippen LogP contribution >= 0.6 is 12.2 Å². The standard InChI is InChI=1S/C14H12N4O2S/c1-20-8-4-2-7(3-5-8)10-9(6-15)12(16)18-11(10)13(19)17-14(18)21/h2-5,10-11H,16H2,1H3,(H,17,19,21). The van der Waals surface area contributed by atoms with Gasteiger partial charge in [-0.15, -0.1) is 0 Å². The van der Waals surface area contributed by atoms with Crippen LogP contribution in [0.25, 0.3) is 0 Å². The first-order valence-corrected chi connectivity index (χ1v) is 6.67. The number of rotatable bonds is 2. The molecule has 0 aliphatic carbocycles. The number of hydrogen-bond acceptors (Lipinski definition) is 5. The topological polar surface area (TPSA) is 91.4 Å². The molecule has 7 heteroatoms. The fourth-order valence-electron chi connectivity index (χ4n) is 2.78. The van der Waals surface area contributed by atoms with E-state index in [2.05, 4.69) is 11.4 Å². The van der Waals surface area contributed by atoms with E-state index in [0.717, 1.165) is 5.56 Å². The molecule has 2 aliphatic rings. The van der Waals surface area contributed by atoms with Crippen molar-refractivity contribution in [2.24, 2.45) is 5.73 Å². The molecule has 0 aromatic heterocycles. The van der Waals surface area contributed by atoms with Gasteiger partial charge < -0.3 is 15.8 Å². The highest BCUT2D eigenvalue weighted by Gasteiger charge is 2.51. The second kappa shape index (κ2) is 4.75. The number of nitriles is 1. The Morgan fingerprint density at radius 2 is 2.10 bits per heavy atom. The number of benzene rings is 1. The minimum atomic E-state index is -0.597. The Kier molecular flexibility index (Phi) is 3.03. The number of hydrogen-bond donors (Lipinski definition) is 2. The molecule has 3 N–H and O–H groups in total. The number of nitrogens with zero attached hydrogens (tertiary/aromatic N) is 2. The van der Waals surface area contributed by atoms with Gasteiger partial charge in [0.1, 0.15) is 17.6 Å². The third-order valence-electron chi connectivity index (χ3n) is 3.75. The van der Waals surface area contributed by atoms with E-state index in [1.54, 1.807) is 19.2 Å². The fourth-order valence-corrected chi connectivity index (χ4v) is 3.09. The van der Waals surface area contributed by atoms with Crippen LogP contribution in [0, 0.1) is 11.3 Å². The summed E-state index contributed by atoms with van der Waals surface area (Å²) in [6.07, 6.45) is 0. The summed E-state index contributed by atoms with van der Waals surface area (Å²) in [7, 11) is 1.58. The Balaban J connectivity index is 2.09. The van der Waals surface area contributed by atoms with E-state index in [1.807, 2.05) is 12.1 Å². The van der Waals surface area contributed by atoms with Gasteiger partial charge in [0.05, 0.1) is 24.7 Å². The van der Waals surface area contributed by atoms with E-state index in [-0.39, 0.29) is 16.8 Å². The molecule has 0 bridgehead atoms. The van der Waals surface area contributed by atoms with Crippen molar-refractivity contribution >= 4 is 23.2 Å². The Morgan fingerprint density at radius 1 is 1.43 bits per heavy atom. The maximum absolute atomic E-state index is 12.1. The van der Waals surface area contributed by atoms with Crippen LogP contribution in [0.1, 0.15) is 11.5 Å². The summed E-state index contributed by atoms with van der Waals surface area (Å²) < 4.78 is 5.12. The van der Waals surface area contributed by atoms with E-state index in [1.165, 1.54) is 4.90 Å². The van der Waals surface area contributed by atoms with E-state index < -0.39 is 12.0 Å². The quantitative estimate of drug-likeness (QED) is 0.776. The van der Waals surface area contributed by atoms with Crippen molar-refractivity contribution in [3.8, 4) is 11.8 Å². The molecule has 2 atom stereocenters.